The van der Waals surface area contributed by atoms with Crippen LogP contribution in [0.5, 0.6) is 0 Å². The van der Waals surface area contributed by atoms with Crippen LogP contribution in [-0.4, -0.2) is 37.3 Å². The third-order valence-corrected chi connectivity index (χ3v) is 7.63. The summed E-state index contributed by atoms with van der Waals surface area (Å²) in [6.45, 7) is 4.13. The summed E-state index contributed by atoms with van der Waals surface area (Å²) in [4.78, 5) is 15.2. The van der Waals surface area contributed by atoms with Crippen LogP contribution in [-0.2, 0) is 17.6 Å². The Hall–Kier alpha value is -2.99. The number of halogens is 1. The molecule has 0 aromatic heterocycles. The lowest BCUT2D eigenvalue weighted by Gasteiger charge is -2.37. The molecule has 0 radical (unpaired) electrons. The van der Waals surface area contributed by atoms with Gasteiger partial charge in [0.1, 0.15) is 5.82 Å². The number of piperidine rings is 1. The molecule has 184 valence electrons. The number of amides is 1. The quantitative estimate of drug-likeness (QED) is 0.504. The lowest BCUT2D eigenvalue weighted by molar-refractivity contribution is -0.120. The van der Waals surface area contributed by atoms with Crippen molar-refractivity contribution in [3.63, 3.8) is 0 Å². The van der Waals surface area contributed by atoms with E-state index in [2.05, 4.69) is 29.7 Å². The summed E-state index contributed by atoms with van der Waals surface area (Å²) in [5, 5.41) is 15.1. The average molecular weight is 475 g/mol. The summed E-state index contributed by atoms with van der Waals surface area (Å²) in [6.07, 6.45) is 9.79. The fourth-order valence-electron chi connectivity index (χ4n) is 5.48. The number of anilines is 1. The Kier molecular flexibility index (Phi) is 7.00. The van der Waals surface area contributed by atoms with Crippen LogP contribution in [0, 0.1) is 17.1 Å². The van der Waals surface area contributed by atoms with Gasteiger partial charge in [0.25, 0.3) is 0 Å². The number of carbonyl (C=O) groups excluding carboxylic acids is 1. The van der Waals surface area contributed by atoms with Gasteiger partial charge in [-0.2, -0.15) is 0 Å². The summed E-state index contributed by atoms with van der Waals surface area (Å²) in [5.74, 6) is 0.141. The molecule has 0 spiro atoms. The predicted molar refractivity (Wildman–Crippen MR) is 139 cm³/mol. The molecule has 1 atom stereocenters. The molecular formula is C29H35FN4O. The fourth-order valence-corrected chi connectivity index (χ4v) is 5.48. The third kappa shape index (κ3) is 5.18. The van der Waals surface area contributed by atoms with Crippen LogP contribution < -0.4 is 15.5 Å². The molecule has 2 heterocycles. The molecule has 1 saturated carbocycles. The van der Waals surface area contributed by atoms with Crippen molar-refractivity contribution in [1.29, 1.82) is 5.41 Å². The molecule has 35 heavy (non-hydrogen) atoms. The summed E-state index contributed by atoms with van der Waals surface area (Å²) in [5.41, 5.74) is 5.94. The van der Waals surface area contributed by atoms with E-state index in [0.717, 1.165) is 85.1 Å². The molecule has 5 rings (SSSR count). The monoisotopic (exact) mass is 474 g/mol. The van der Waals surface area contributed by atoms with Gasteiger partial charge in [-0.3, -0.25) is 4.79 Å². The number of hydrogen-bond donors (Lipinski definition) is 3. The summed E-state index contributed by atoms with van der Waals surface area (Å²) in [7, 11) is 0. The number of fused-ring (bicyclic) bond motifs is 1. The second-order valence-electron chi connectivity index (χ2n) is 10.2. The number of benzene rings is 2. The Morgan fingerprint density at radius 1 is 1.17 bits per heavy atom. The fraction of sp³-hybridized carbons (Fsp3) is 0.448. The molecule has 1 aliphatic carbocycles. The summed E-state index contributed by atoms with van der Waals surface area (Å²) in [6, 6.07) is 11.4. The van der Waals surface area contributed by atoms with E-state index in [-0.39, 0.29) is 23.7 Å². The van der Waals surface area contributed by atoms with Gasteiger partial charge in [0, 0.05) is 41.7 Å². The number of allylic oxidation sites excluding steroid dienone is 1. The Labute approximate surface area is 207 Å². The minimum atomic E-state index is -0.247. The Bertz CT molecular complexity index is 1130. The molecule has 0 bridgehead atoms. The first kappa shape index (κ1) is 23.7. The van der Waals surface area contributed by atoms with Gasteiger partial charge < -0.3 is 20.9 Å². The number of hydrogen-bond acceptors (Lipinski definition) is 4. The highest BCUT2D eigenvalue weighted by Gasteiger charge is 2.38. The van der Waals surface area contributed by atoms with E-state index in [1.54, 1.807) is 12.1 Å². The topological polar surface area (TPSA) is 68.2 Å². The molecule has 2 aromatic rings. The molecular weight excluding hydrogens is 439 g/mol. The lowest BCUT2D eigenvalue weighted by atomic mass is 9.85. The number of rotatable bonds is 7. The molecule has 2 aromatic carbocycles. The Morgan fingerprint density at radius 3 is 2.69 bits per heavy atom. The largest absolute Gasteiger partial charge is 0.388 e. The molecule has 3 aliphatic rings. The van der Waals surface area contributed by atoms with Crippen LogP contribution in [0.15, 0.2) is 42.6 Å². The highest BCUT2D eigenvalue weighted by atomic mass is 19.1. The maximum Gasteiger partial charge on any atom is 0.230 e. The highest BCUT2D eigenvalue weighted by Crippen LogP contribution is 2.41. The van der Waals surface area contributed by atoms with E-state index in [1.807, 2.05) is 17.2 Å². The van der Waals surface area contributed by atoms with E-state index < -0.39 is 0 Å². The van der Waals surface area contributed by atoms with Crippen LogP contribution in [0.4, 0.5) is 10.1 Å². The minimum absolute atomic E-state index is 0.154. The number of carbonyl (C=O) groups is 1. The van der Waals surface area contributed by atoms with Gasteiger partial charge >= 0.3 is 0 Å². The van der Waals surface area contributed by atoms with Crippen molar-refractivity contribution in [2.24, 2.45) is 5.92 Å². The van der Waals surface area contributed by atoms with Gasteiger partial charge in [-0.1, -0.05) is 18.2 Å². The van der Waals surface area contributed by atoms with Crippen molar-refractivity contribution in [1.82, 2.24) is 10.6 Å². The van der Waals surface area contributed by atoms with Crippen molar-refractivity contribution in [3.8, 4) is 0 Å². The average Bonchev–Trinajstić information content (AvgIpc) is 3.71. The first-order valence-electron chi connectivity index (χ1n) is 12.9. The normalized spacial score (nSPS) is 20.9. The maximum atomic E-state index is 14.1. The van der Waals surface area contributed by atoms with Gasteiger partial charge in [0.05, 0.1) is 0 Å². The Morgan fingerprint density at radius 2 is 1.97 bits per heavy atom. The zero-order valence-corrected chi connectivity index (χ0v) is 20.4. The summed E-state index contributed by atoms with van der Waals surface area (Å²) < 4.78 is 14.1. The van der Waals surface area contributed by atoms with Gasteiger partial charge in [0.2, 0.25) is 5.91 Å². The maximum absolute atomic E-state index is 14.1. The lowest BCUT2D eigenvalue weighted by Crippen LogP contribution is -2.43. The van der Waals surface area contributed by atoms with E-state index in [9.17, 15) is 9.18 Å². The van der Waals surface area contributed by atoms with Crippen LogP contribution in [0.1, 0.15) is 61.3 Å². The molecule has 2 fully saturated rings. The van der Waals surface area contributed by atoms with Crippen molar-refractivity contribution >= 4 is 23.4 Å². The second kappa shape index (κ2) is 10.3. The van der Waals surface area contributed by atoms with Crippen molar-refractivity contribution in [3.05, 3.63) is 70.7 Å². The molecule has 1 unspecified atom stereocenters. The van der Waals surface area contributed by atoms with Crippen molar-refractivity contribution in [2.75, 3.05) is 18.0 Å². The standard InChI is InChI=1S/C29H35FN4O/c1-19-5-8-26-27(16-20-3-2-4-23(30)15-20)25(9-10-28(26)34(19)29(35)21-6-7-21)22(17-31)18-33-24-11-13-32-14-12-24/h2-4,9-10,15,17-19,21,24,31-33H,5-8,11-14,16H2,1H3/b22-18+,31-17?. The van der Waals surface area contributed by atoms with Crippen molar-refractivity contribution in [2.45, 2.75) is 64.0 Å². The van der Waals surface area contributed by atoms with E-state index in [0.29, 0.717) is 12.5 Å². The van der Waals surface area contributed by atoms with Gasteiger partial charge in [-0.25, -0.2) is 4.39 Å². The predicted octanol–water partition coefficient (Wildman–Crippen LogP) is 4.83. The first-order chi connectivity index (χ1) is 17.0. The van der Waals surface area contributed by atoms with Gasteiger partial charge in [-0.05, 0) is 105 Å². The second-order valence-corrected chi connectivity index (χ2v) is 10.2. The zero-order chi connectivity index (χ0) is 24.4. The van der Waals surface area contributed by atoms with Crippen LogP contribution in [0.3, 0.4) is 0 Å². The molecule has 3 N–H and O–H groups in total. The smallest absolute Gasteiger partial charge is 0.230 e. The SMILES string of the molecule is CC1CCc2c(ccc(/C(C=N)=C/NC3CCNCC3)c2Cc2cccc(F)c2)N1C(=O)C1CC1. The van der Waals surface area contributed by atoms with Crippen LogP contribution in [0.25, 0.3) is 5.57 Å². The number of nitrogens with zero attached hydrogens (tertiary/aromatic N) is 1. The molecule has 1 saturated heterocycles. The van der Waals surface area contributed by atoms with Crippen LogP contribution >= 0.6 is 0 Å². The van der Waals surface area contributed by atoms with E-state index in [1.165, 1.54) is 12.3 Å². The zero-order valence-electron chi connectivity index (χ0n) is 20.4. The van der Waals surface area contributed by atoms with E-state index in [4.69, 9.17) is 5.41 Å². The van der Waals surface area contributed by atoms with Crippen molar-refractivity contribution < 1.29 is 9.18 Å². The van der Waals surface area contributed by atoms with Gasteiger partial charge in [-0.15, -0.1) is 0 Å². The van der Waals surface area contributed by atoms with Crippen LogP contribution in [0.2, 0.25) is 0 Å². The molecule has 5 nitrogen and oxygen atoms in total. The highest BCUT2D eigenvalue weighted by molar-refractivity contribution is 6.09. The molecule has 6 heteroatoms. The van der Waals surface area contributed by atoms with Gasteiger partial charge in [0.15, 0.2) is 0 Å². The number of nitrogens with one attached hydrogen (secondary N) is 3. The Balaban J connectivity index is 1.56. The summed E-state index contributed by atoms with van der Waals surface area (Å²) >= 11 is 0. The minimum Gasteiger partial charge on any atom is -0.388 e. The third-order valence-electron chi connectivity index (χ3n) is 7.63. The molecule has 1 amide bonds. The first-order valence-corrected chi connectivity index (χ1v) is 12.9. The molecule has 2 aliphatic heterocycles. The van der Waals surface area contributed by atoms with E-state index >= 15 is 0 Å².